The molecule has 0 aliphatic carbocycles. The highest BCUT2D eigenvalue weighted by molar-refractivity contribution is 9.13. The molecule has 0 bridgehead atoms. The number of benzene rings is 2. The van der Waals surface area contributed by atoms with Gasteiger partial charge in [0.1, 0.15) is 10.3 Å². The Morgan fingerprint density at radius 3 is 2.26 bits per heavy atom. The van der Waals surface area contributed by atoms with Gasteiger partial charge in [-0.1, -0.05) is 36.4 Å². The van der Waals surface area contributed by atoms with Crippen molar-refractivity contribution in [1.29, 1.82) is 0 Å². The van der Waals surface area contributed by atoms with Gasteiger partial charge in [-0.15, -0.1) is 11.3 Å². The van der Waals surface area contributed by atoms with Gasteiger partial charge in [0.2, 0.25) is 0 Å². The molecule has 5 nitrogen and oxygen atoms in total. The van der Waals surface area contributed by atoms with Crippen LogP contribution in [0.2, 0.25) is 0 Å². The lowest BCUT2D eigenvalue weighted by molar-refractivity contribution is 0.0525. The van der Waals surface area contributed by atoms with Gasteiger partial charge in [-0.05, 0) is 61.2 Å². The summed E-state index contributed by atoms with van der Waals surface area (Å²) < 4.78 is 62.5. The van der Waals surface area contributed by atoms with Gasteiger partial charge in [0.25, 0.3) is 10.0 Å². The molecular weight excluding hydrogens is 614 g/mol. The fourth-order valence-corrected chi connectivity index (χ4v) is 8.16. The molecule has 1 aromatic heterocycles. The Bertz CT molecular complexity index is 1210. The van der Waals surface area contributed by atoms with Gasteiger partial charge in [0, 0.05) is 37.2 Å². The molecule has 0 spiro atoms. The molecule has 1 aliphatic rings. The summed E-state index contributed by atoms with van der Waals surface area (Å²) in [6.07, 6.45) is -0.534. The highest BCUT2D eigenvalue weighted by Crippen LogP contribution is 2.36. The molecular formula is C23H22Br2F2N2O3S2. The molecule has 1 aliphatic heterocycles. The lowest BCUT2D eigenvalue weighted by Crippen LogP contribution is -2.49. The number of ether oxygens (including phenoxy) is 1. The van der Waals surface area contributed by atoms with E-state index in [9.17, 15) is 17.2 Å². The predicted molar refractivity (Wildman–Crippen MR) is 136 cm³/mol. The van der Waals surface area contributed by atoms with Crippen LogP contribution in [0, 0.1) is 11.6 Å². The van der Waals surface area contributed by atoms with E-state index in [0.29, 0.717) is 49.1 Å². The summed E-state index contributed by atoms with van der Waals surface area (Å²) in [5.41, 5.74) is 1.38. The second-order valence-electron chi connectivity index (χ2n) is 7.77. The first-order chi connectivity index (χ1) is 16.3. The number of nitrogens with zero attached hydrogens (tertiary/aromatic N) is 2. The second kappa shape index (κ2) is 11.2. The minimum Gasteiger partial charge on any atom is -0.367 e. The first kappa shape index (κ1) is 25.9. The largest absolute Gasteiger partial charge is 0.367 e. The molecule has 2 heterocycles. The van der Waals surface area contributed by atoms with E-state index in [1.807, 2.05) is 30.3 Å². The van der Waals surface area contributed by atoms with Gasteiger partial charge in [0.05, 0.1) is 10.4 Å². The van der Waals surface area contributed by atoms with Gasteiger partial charge in [-0.2, -0.15) is 4.31 Å². The fourth-order valence-electron chi connectivity index (χ4n) is 3.76. The average molecular weight is 636 g/mol. The summed E-state index contributed by atoms with van der Waals surface area (Å²) in [5.74, 6) is -1.81. The Labute approximate surface area is 218 Å². The average Bonchev–Trinajstić information content (AvgIpc) is 3.18. The first-order valence-electron chi connectivity index (χ1n) is 10.5. The standard InChI is InChI=1S/C23H22Br2F2N2O3S2/c24-18-15-21(33-23(18)25)34(30,31)29-10-8-28(9-11-29)12-13-32-22(16-4-2-1-3-5-16)17-6-7-19(26)20(27)14-17/h1-7,14-15,22H,8-13H2. The molecule has 4 rings (SSSR count). The van der Waals surface area contributed by atoms with E-state index in [2.05, 4.69) is 36.8 Å². The molecule has 3 aromatic rings. The quantitative estimate of drug-likeness (QED) is 0.320. The normalized spacial score (nSPS) is 16.6. The molecule has 0 saturated carbocycles. The fraction of sp³-hybridized carbons (Fsp3) is 0.304. The highest BCUT2D eigenvalue weighted by Gasteiger charge is 2.30. The van der Waals surface area contributed by atoms with Crippen LogP contribution in [0.3, 0.4) is 0 Å². The summed E-state index contributed by atoms with van der Waals surface area (Å²) in [5, 5.41) is 0. The maximum atomic E-state index is 13.9. The van der Waals surface area contributed by atoms with Crippen LogP contribution in [0.1, 0.15) is 17.2 Å². The molecule has 2 aromatic carbocycles. The van der Waals surface area contributed by atoms with Crippen LogP contribution in [0.15, 0.2) is 67.1 Å². The summed E-state index contributed by atoms with van der Waals surface area (Å²) in [6, 6.07) is 14.8. The summed E-state index contributed by atoms with van der Waals surface area (Å²) in [4.78, 5) is 2.14. The number of hydrogen-bond acceptors (Lipinski definition) is 5. The van der Waals surface area contributed by atoms with Crippen molar-refractivity contribution in [3.8, 4) is 0 Å². The number of piperazine rings is 1. The van der Waals surface area contributed by atoms with E-state index in [1.54, 1.807) is 6.07 Å². The van der Waals surface area contributed by atoms with Crippen LogP contribution >= 0.6 is 43.2 Å². The Morgan fingerprint density at radius 1 is 0.941 bits per heavy atom. The van der Waals surface area contributed by atoms with Crippen molar-refractivity contribution in [2.45, 2.75) is 10.3 Å². The monoisotopic (exact) mass is 634 g/mol. The molecule has 0 radical (unpaired) electrons. The Kier molecular flexibility index (Phi) is 8.55. The smallest absolute Gasteiger partial charge is 0.252 e. The van der Waals surface area contributed by atoms with Crippen molar-refractivity contribution in [2.75, 3.05) is 39.3 Å². The highest BCUT2D eigenvalue weighted by atomic mass is 79.9. The van der Waals surface area contributed by atoms with Crippen LogP contribution in [-0.2, 0) is 14.8 Å². The third kappa shape index (κ3) is 5.95. The van der Waals surface area contributed by atoms with Crippen LogP contribution in [-0.4, -0.2) is 57.0 Å². The van der Waals surface area contributed by atoms with Crippen LogP contribution < -0.4 is 0 Å². The zero-order valence-electron chi connectivity index (χ0n) is 18.0. The Balaban J connectivity index is 1.35. The lowest BCUT2D eigenvalue weighted by Gasteiger charge is -2.33. The van der Waals surface area contributed by atoms with Gasteiger partial charge in [0.15, 0.2) is 11.6 Å². The zero-order chi connectivity index (χ0) is 24.3. The lowest BCUT2D eigenvalue weighted by atomic mass is 10.0. The predicted octanol–water partition coefficient (Wildman–Crippen LogP) is 5.66. The van der Waals surface area contributed by atoms with E-state index in [1.165, 1.54) is 21.7 Å². The van der Waals surface area contributed by atoms with Gasteiger partial charge < -0.3 is 4.74 Å². The Hall–Kier alpha value is -1.21. The SMILES string of the molecule is O=S(=O)(c1cc(Br)c(Br)s1)N1CCN(CCOC(c2ccccc2)c2ccc(F)c(F)c2)CC1. The molecule has 0 N–H and O–H groups in total. The number of rotatable bonds is 8. The minimum atomic E-state index is -3.53. The molecule has 182 valence electrons. The maximum absolute atomic E-state index is 13.9. The van der Waals surface area contributed by atoms with E-state index >= 15 is 0 Å². The molecule has 1 atom stereocenters. The zero-order valence-corrected chi connectivity index (χ0v) is 22.8. The summed E-state index contributed by atoms with van der Waals surface area (Å²) in [7, 11) is -3.53. The summed E-state index contributed by atoms with van der Waals surface area (Å²) >= 11 is 7.88. The van der Waals surface area contributed by atoms with Gasteiger partial charge in [-0.25, -0.2) is 17.2 Å². The number of hydrogen-bond donors (Lipinski definition) is 0. The van der Waals surface area contributed by atoms with Crippen molar-refractivity contribution in [3.05, 3.63) is 85.6 Å². The van der Waals surface area contributed by atoms with Crippen molar-refractivity contribution in [3.63, 3.8) is 0 Å². The molecule has 34 heavy (non-hydrogen) atoms. The minimum absolute atomic E-state index is 0.306. The number of halogens is 4. The number of thiophene rings is 1. The topological polar surface area (TPSA) is 49.9 Å². The third-order valence-electron chi connectivity index (χ3n) is 5.59. The van der Waals surface area contributed by atoms with Crippen molar-refractivity contribution in [1.82, 2.24) is 9.21 Å². The van der Waals surface area contributed by atoms with E-state index in [-0.39, 0.29) is 0 Å². The third-order valence-corrected chi connectivity index (χ3v) is 11.2. The van der Waals surface area contributed by atoms with Crippen LogP contribution in [0.5, 0.6) is 0 Å². The number of sulfonamides is 1. The van der Waals surface area contributed by atoms with Gasteiger partial charge in [-0.3, -0.25) is 4.90 Å². The summed E-state index contributed by atoms with van der Waals surface area (Å²) in [6.45, 7) is 2.89. The first-order valence-corrected chi connectivity index (χ1v) is 14.4. The van der Waals surface area contributed by atoms with E-state index in [4.69, 9.17) is 4.74 Å². The molecule has 11 heteroatoms. The second-order valence-corrected chi connectivity index (χ2v) is 13.2. The van der Waals surface area contributed by atoms with Gasteiger partial charge >= 0.3 is 0 Å². The van der Waals surface area contributed by atoms with Crippen molar-refractivity contribution < 1.29 is 21.9 Å². The molecule has 1 fully saturated rings. The van der Waals surface area contributed by atoms with E-state index < -0.39 is 27.8 Å². The van der Waals surface area contributed by atoms with Crippen LogP contribution in [0.25, 0.3) is 0 Å². The molecule has 0 amide bonds. The van der Waals surface area contributed by atoms with Crippen molar-refractivity contribution in [2.24, 2.45) is 0 Å². The van der Waals surface area contributed by atoms with E-state index in [0.717, 1.165) is 26.0 Å². The van der Waals surface area contributed by atoms with Crippen LogP contribution in [0.4, 0.5) is 8.78 Å². The maximum Gasteiger partial charge on any atom is 0.252 e. The Morgan fingerprint density at radius 2 is 1.65 bits per heavy atom. The van der Waals surface area contributed by atoms with Crippen molar-refractivity contribution >= 4 is 53.2 Å². The molecule has 1 saturated heterocycles. The molecule has 1 unspecified atom stereocenters.